The van der Waals surface area contributed by atoms with Crippen LogP contribution in [0.1, 0.15) is 29.8 Å². The second kappa shape index (κ2) is 4.96. The number of aliphatic hydroxyl groups is 1. The number of hydrogen-bond acceptors (Lipinski definition) is 3. The summed E-state index contributed by atoms with van der Waals surface area (Å²) in [6, 6.07) is 8.79. The van der Waals surface area contributed by atoms with Crippen molar-refractivity contribution in [1.82, 2.24) is 0 Å². The second-order valence-corrected chi connectivity index (χ2v) is 5.16. The summed E-state index contributed by atoms with van der Waals surface area (Å²) < 4.78 is 19.0. The molecule has 2 aromatic carbocycles. The molecule has 0 saturated heterocycles. The molecular weight excluding hydrogens is 283 g/mol. The van der Waals surface area contributed by atoms with Crippen LogP contribution in [0.5, 0.6) is 11.5 Å². The van der Waals surface area contributed by atoms with E-state index in [-0.39, 0.29) is 10.8 Å². The van der Waals surface area contributed by atoms with Crippen LogP contribution in [0.15, 0.2) is 36.4 Å². The van der Waals surface area contributed by atoms with Crippen LogP contribution < -0.4 is 4.74 Å². The Kier molecular flexibility index (Phi) is 3.28. The fraction of sp³-hybridized carbons (Fsp3) is 0.200. The highest BCUT2D eigenvalue weighted by Crippen LogP contribution is 2.41. The Labute approximate surface area is 120 Å². The lowest BCUT2D eigenvalue weighted by atomic mass is 9.95. The topological polar surface area (TPSA) is 49.7 Å². The van der Waals surface area contributed by atoms with Crippen molar-refractivity contribution >= 4 is 11.6 Å². The van der Waals surface area contributed by atoms with Gasteiger partial charge in [-0.15, -0.1) is 0 Å². The van der Waals surface area contributed by atoms with E-state index in [0.717, 1.165) is 5.56 Å². The molecule has 3 nitrogen and oxygen atoms in total. The maximum atomic E-state index is 13.3. The Morgan fingerprint density at radius 2 is 2.00 bits per heavy atom. The lowest BCUT2D eigenvalue weighted by Gasteiger charge is -2.30. The van der Waals surface area contributed by atoms with E-state index in [1.165, 1.54) is 24.3 Å². The van der Waals surface area contributed by atoms with Crippen molar-refractivity contribution < 1.29 is 19.3 Å². The monoisotopic (exact) mass is 294 g/mol. The van der Waals surface area contributed by atoms with Crippen molar-refractivity contribution in [2.75, 3.05) is 0 Å². The third-order valence-electron chi connectivity index (χ3n) is 3.38. The number of aromatic hydroxyl groups is 1. The molecule has 0 radical (unpaired) electrons. The summed E-state index contributed by atoms with van der Waals surface area (Å²) in [4.78, 5) is 0. The van der Waals surface area contributed by atoms with Crippen molar-refractivity contribution in [3.63, 3.8) is 0 Å². The number of ether oxygens (including phenoxy) is 1. The molecule has 0 bridgehead atoms. The number of halogens is 2. The summed E-state index contributed by atoms with van der Waals surface area (Å²) >= 11 is 5.87. The minimum atomic E-state index is -0.725. The smallest absolute Gasteiger partial charge is 0.134 e. The normalized spacial score (nSPS) is 21.1. The number of phenols is 1. The number of rotatable bonds is 1. The molecule has 0 saturated carbocycles. The lowest BCUT2D eigenvalue weighted by molar-refractivity contribution is 0.0653. The Morgan fingerprint density at radius 1 is 1.20 bits per heavy atom. The predicted octanol–water partition coefficient (Wildman–Crippen LogP) is 3.74. The van der Waals surface area contributed by atoms with E-state index in [2.05, 4.69) is 0 Å². The molecule has 5 heteroatoms. The van der Waals surface area contributed by atoms with Gasteiger partial charge in [0.15, 0.2) is 0 Å². The first-order chi connectivity index (χ1) is 9.54. The Bertz CT molecular complexity index is 660. The van der Waals surface area contributed by atoms with Crippen LogP contribution in [0.25, 0.3) is 0 Å². The van der Waals surface area contributed by atoms with Crippen LogP contribution in [0, 0.1) is 5.82 Å². The van der Waals surface area contributed by atoms with Gasteiger partial charge in [-0.05, 0) is 29.8 Å². The highest BCUT2D eigenvalue weighted by molar-refractivity contribution is 6.32. The van der Waals surface area contributed by atoms with E-state index in [9.17, 15) is 14.6 Å². The molecule has 1 aliphatic rings. The van der Waals surface area contributed by atoms with E-state index in [1.807, 2.05) is 0 Å². The van der Waals surface area contributed by atoms with Gasteiger partial charge in [0.1, 0.15) is 23.4 Å². The molecule has 0 aliphatic carbocycles. The van der Waals surface area contributed by atoms with Crippen LogP contribution in [-0.2, 0) is 0 Å². The van der Waals surface area contributed by atoms with Gasteiger partial charge in [0.25, 0.3) is 0 Å². The average Bonchev–Trinajstić information content (AvgIpc) is 2.41. The number of phenolic OH excluding ortho intramolecular Hbond substituents is 1. The van der Waals surface area contributed by atoms with Crippen LogP contribution in [0.3, 0.4) is 0 Å². The van der Waals surface area contributed by atoms with Crippen molar-refractivity contribution in [3.8, 4) is 11.5 Å². The third kappa shape index (κ3) is 2.32. The van der Waals surface area contributed by atoms with E-state index < -0.39 is 18.0 Å². The number of benzene rings is 2. The standard InChI is InChI=1S/C15H12ClFO3/c16-11-5-8(1-4-12(11)18)14-7-13(19)10-3-2-9(17)6-15(10)20-14/h1-6,13-14,18-19H,7H2. The first-order valence-electron chi connectivity index (χ1n) is 6.17. The fourth-order valence-corrected chi connectivity index (χ4v) is 2.53. The van der Waals surface area contributed by atoms with Gasteiger partial charge in [-0.1, -0.05) is 17.7 Å². The summed E-state index contributed by atoms with van der Waals surface area (Å²) in [6.07, 6.45) is -0.811. The predicted molar refractivity (Wildman–Crippen MR) is 72.5 cm³/mol. The summed E-state index contributed by atoms with van der Waals surface area (Å²) in [5, 5.41) is 19.8. The lowest BCUT2D eigenvalue weighted by Crippen LogP contribution is -2.19. The first-order valence-corrected chi connectivity index (χ1v) is 6.55. The number of hydrogen-bond donors (Lipinski definition) is 2. The molecule has 0 fully saturated rings. The minimum Gasteiger partial charge on any atom is -0.506 e. The maximum absolute atomic E-state index is 13.3. The average molecular weight is 295 g/mol. The van der Waals surface area contributed by atoms with Crippen LogP contribution in [0.4, 0.5) is 4.39 Å². The largest absolute Gasteiger partial charge is 0.506 e. The molecule has 0 amide bonds. The molecular formula is C15H12ClFO3. The highest BCUT2D eigenvalue weighted by atomic mass is 35.5. The molecule has 2 N–H and O–H groups in total. The summed E-state index contributed by atoms with van der Waals surface area (Å²) in [6.45, 7) is 0. The van der Waals surface area contributed by atoms with E-state index in [0.29, 0.717) is 17.7 Å². The van der Waals surface area contributed by atoms with Gasteiger partial charge in [-0.25, -0.2) is 4.39 Å². The van der Waals surface area contributed by atoms with Gasteiger partial charge in [-0.3, -0.25) is 0 Å². The molecule has 2 atom stereocenters. The van der Waals surface area contributed by atoms with E-state index in [4.69, 9.17) is 16.3 Å². The Morgan fingerprint density at radius 3 is 2.75 bits per heavy atom. The first kappa shape index (κ1) is 13.2. The van der Waals surface area contributed by atoms with Gasteiger partial charge >= 0.3 is 0 Å². The van der Waals surface area contributed by atoms with Crippen LogP contribution in [-0.4, -0.2) is 10.2 Å². The van der Waals surface area contributed by atoms with Gasteiger partial charge in [-0.2, -0.15) is 0 Å². The molecule has 0 spiro atoms. The summed E-state index contributed by atoms with van der Waals surface area (Å²) in [5.74, 6) is -0.100. The quantitative estimate of drug-likeness (QED) is 0.842. The van der Waals surface area contributed by atoms with Gasteiger partial charge < -0.3 is 14.9 Å². The number of fused-ring (bicyclic) bond motifs is 1. The van der Waals surface area contributed by atoms with Crippen molar-refractivity contribution in [1.29, 1.82) is 0 Å². The van der Waals surface area contributed by atoms with Gasteiger partial charge in [0, 0.05) is 18.1 Å². The Hall–Kier alpha value is -1.78. The molecule has 0 aromatic heterocycles. The zero-order chi connectivity index (χ0) is 14.3. The van der Waals surface area contributed by atoms with Gasteiger partial charge in [0.2, 0.25) is 0 Å². The Balaban J connectivity index is 1.96. The van der Waals surface area contributed by atoms with E-state index in [1.54, 1.807) is 12.1 Å². The fourth-order valence-electron chi connectivity index (χ4n) is 2.34. The molecule has 2 unspecified atom stereocenters. The number of aliphatic hydroxyl groups excluding tert-OH is 1. The third-order valence-corrected chi connectivity index (χ3v) is 3.69. The molecule has 3 rings (SSSR count). The van der Waals surface area contributed by atoms with Gasteiger partial charge in [0.05, 0.1) is 11.1 Å². The van der Waals surface area contributed by atoms with Crippen molar-refractivity contribution in [3.05, 3.63) is 58.4 Å². The zero-order valence-electron chi connectivity index (χ0n) is 10.4. The highest BCUT2D eigenvalue weighted by Gasteiger charge is 2.28. The zero-order valence-corrected chi connectivity index (χ0v) is 11.1. The molecule has 1 aliphatic heterocycles. The molecule has 2 aromatic rings. The van der Waals surface area contributed by atoms with Crippen molar-refractivity contribution in [2.24, 2.45) is 0 Å². The van der Waals surface area contributed by atoms with Crippen molar-refractivity contribution in [2.45, 2.75) is 18.6 Å². The summed E-state index contributed by atoms with van der Waals surface area (Å²) in [7, 11) is 0. The SMILES string of the molecule is Oc1ccc(C2CC(O)c3ccc(F)cc3O2)cc1Cl. The minimum absolute atomic E-state index is 0.0155. The molecule has 20 heavy (non-hydrogen) atoms. The maximum Gasteiger partial charge on any atom is 0.134 e. The second-order valence-electron chi connectivity index (χ2n) is 4.75. The van der Waals surface area contributed by atoms with E-state index >= 15 is 0 Å². The van der Waals surface area contributed by atoms with Crippen LogP contribution >= 0.6 is 11.6 Å². The van der Waals surface area contributed by atoms with Crippen LogP contribution in [0.2, 0.25) is 5.02 Å². The molecule has 104 valence electrons. The summed E-state index contributed by atoms with van der Waals surface area (Å²) in [5.41, 5.74) is 1.30. The molecule has 1 heterocycles.